The molecule has 0 bridgehead atoms. The zero-order valence-electron chi connectivity index (χ0n) is 11.1. The monoisotopic (exact) mass is 246 g/mol. The molecule has 3 nitrogen and oxygen atoms in total. The molecule has 0 aliphatic heterocycles. The van der Waals surface area contributed by atoms with Crippen molar-refractivity contribution in [3.63, 3.8) is 0 Å². The fourth-order valence-electron chi connectivity index (χ4n) is 2.69. The van der Waals surface area contributed by atoms with Gasteiger partial charge in [-0.25, -0.2) is 0 Å². The minimum atomic E-state index is 0.256. The van der Waals surface area contributed by atoms with Crippen molar-refractivity contribution in [3.8, 4) is 0 Å². The van der Waals surface area contributed by atoms with Gasteiger partial charge in [-0.2, -0.15) is 0 Å². The van der Waals surface area contributed by atoms with Crippen LogP contribution in [0.1, 0.15) is 38.2 Å². The van der Waals surface area contributed by atoms with Gasteiger partial charge in [0, 0.05) is 24.7 Å². The van der Waals surface area contributed by atoms with E-state index in [1.54, 1.807) is 0 Å². The van der Waals surface area contributed by atoms with Crippen molar-refractivity contribution < 1.29 is 4.79 Å². The van der Waals surface area contributed by atoms with E-state index in [0.717, 1.165) is 30.6 Å². The van der Waals surface area contributed by atoms with Gasteiger partial charge in [-0.1, -0.05) is 25.0 Å². The fourth-order valence-corrected chi connectivity index (χ4v) is 2.69. The minimum absolute atomic E-state index is 0.256. The Kier molecular flexibility index (Phi) is 4.24. The molecule has 0 saturated heterocycles. The normalized spacial score (nSPS) is 15.8. The van der Waals surface area contributed by atoms with E-state index < -0.39 is 0 Å². The number of nitrogens with two attached hydrogens (primary N) is 1. The molecule has 0 atom stereocenters. The van der Waals surface area contributed by atoms with Crippen LogP contribution in [0, 0.1) is 5.92 Å². The third-order valence-corrected chi connectivity index (χ3v) is 3.72. The average Bonchev–Trinajstić information content (AvgIpc) is 2.89. The summed E-state index contributed by atoms with van der Waals surface area (Å²) in [6.45, 7) is 3.49. The zero-order valence-corrected chi connectivity index (χ0v) is 11.1. The Morgan fingerprint density at radius 3 is 2.72 bits per heavy atom. The summed E-state index contributed by atoms with van der Waals surface area (Å²) in [6.07, 6.45) is 4.52. The zero-order chi connectivity index (χ0) is 13.0. The maximum atomic E-state index is 12.4. The molecule has 0 heterocycles. The van der Waals surface area contributed by atoms with Gasteiger partial charge in [-0.3, -0.25) is 4.79 Å². The standard InChI is InChI=1S/C15H22N2O/c1-2-17(15(18)13-7-3-4-8-13)11-12-6-5-9-14(16)10-12/h5-6,9-10,13H,2-4,7-8,11,16H2,1H3. The van der Waals surface area contributed by atoms with E-state index in [-0.39, 0.29) is 5.92 Å². The summed E-state index contributed by atoms with van der Waals surface area (Å²) >= 11 is 0. The largest absolute Gasteiger partial charge is 0.399 e. The topological polar surface area (TPSA) is 46.3 Å². The van der Waals surface area contributed by atoms with E-state index in [1.807, 2.05) is 36.1 Å². The Morgan fingerprint density at radius 2 is 2.11 bits per heavy atom. The first kappa shape index (κ1) is 12.9. The summed E-state index contributed by atoms with van der Waals surface area (Å²) < 4.78 is 0. The van der Waals surface area contributed by atoms with E-state index in [4.69, 9.17) is 5.73 Å². The van der Waals surface area contributed by atoms with Crippen LogP contribution >= 0.6 is 0 Å². The van der Waals surface area contributed by atoms with Crippen molar-refractivity contribution in [2.75, 3.05) is 12.3 Å². The molecule has 3 heteroatoms. The van der Waals surface area contributed by atoms with Gasteiger partial charge in [0.15, 0.2) is 0 Å². The summed E-state index contributed by atoms with van der Waals surface area (Å²) in [6, 6.07) is 7.79. The number of carbonyl (C=O) groups excluding carboxylic acids is 1. The van der Waals surface area contributed by atoms with Gasteiger partial charge in [-0.15, -0.1) is 0 Å². The second kappa shape index (κ2) is 5.89. The van der Waals surface area contributed by atoms with Crippen molar-refractivity contribution in [1.82, 2.24) is 4.90 Å². The average molecular weight is 246 g/mol. The number of rotatable bonds is 4. The van der Waals surface area contributed by atoms with Crippen LogP contribution in [0.3, 0.4) is 0 Å². The lowest BCUT2D eigenvalue weighted by atomic mass is 10.1. The number of hydrogen-bond donors (Lipinski definition) is 1. The maximum Gasteiger partial charge on any atom is 0.225 e. The molecule has 0 spiro atoms. The number of amides is 1. The molecule has 2 rings (SSSR count). The highest BCUT2D eigenvalue weighted by Crippen LogP contribution is 2.27. The van der Waals surface area contributed by atoms with Crippen molar-refractivity contribution in [2.24, 2.45) is 5.92 Å². The van der Waals surface area contributed by atoms with Crippen LogP contribution in [0.15, 0.2) is 24.3 Å². The third kappa shape index (κ3) is 3.03. The highest BCUT2D eigenvalue weighted by Gasteiger charge is 2.26. The van der Waals surface area contributed by atoms with Crippen molar-refractivity contribution in [1.29, 1.82) is 0 Å². The third-order valence-electron chi connectivity index (χ3n) is 3.72. The Bertz CT molecular complexity index is 411. The molecule has 1 aromatic rings. The first-order valence-electron chi connectivity index (χ1n) is 6.84. The van der Waals surface area contributed by atoms with Crippen molar-refractivity contribution in [2.45, 2.75) is 39.2 Å². The van der Waals surface area contributed by atoms with Crippen LogP contribution in [0.25, 0.3) is 0 Å². The van der Waals surface area contributed by atoms with E-state index in [1.165, 1.54) is 12.8 Å². The molecule has 1 amide bonds. The van der Waals surface area contributed by atoms with Crippen LogP contribution in [-0.4, -0.2) is 17.4 Å². The van der Waals surface area contributed by atoms with Gasteiger partial charge in [0.1, 0.15) is 0 Å². The van der Waals surface area contributed by atoms with Crippen molar-refractivity contribution >= 4 is 11.6 Å². The van der Waals surface area contributed by atoms with E-state index in [2.05, 4.69) is 0 Å². The van der Waals surface area contributed by atoms with Crippen LogP contribution < -0.4 is 5.73 Å². The minimum Gasteiger partial charge on any atom is -0.399 e. The quantitative estimate of drug-likeness (QED) is 0.830. The second-order valence-electron chi connectivity index (χ2n) is 5.08. The summed E-state index contributed by atoms with van der Waals surface area (Å²) in [7, 11) is 0. The molecule has 1 aromatic carbocycles. The van der Waals surface area contributed by atoms with Crippen LogP contribution in [0.4, 0.5) is 5.69 Å². The van der Waals surface area contributed by atoms with Crippen LogP contribution in [0.2, 0.25) is 0 Å². The van der Waals surface area contributed by atoms with E-state index >= 15 is 0 Å². The number of anilines is 1. The Balaban J connectivity index is 2.02. The number of nitrogen functional groups attached to an aromatic ring is 1. The molecule has 2 N–H and O–H groups in total. The molecule has 0 unspecified atom stereocenters. The number of benzene rings is 1. The highest BCUT2D eigenvalue weighted by atomic mass is 16.2. The molecule has 0 aromatic heterocycles. The molecular formula is C15H22N2O. The maximum absolute atomic E-state index is 12.4. The van der Waals surface area contributed by atoms with Crippen LogP contribution in [-0.2, 0) is 11.3 Å². The van der Waals surface area contributed by atoms with Gasteiger partial charge >= 0.3 is 0 Å². The predicted molar refractivity (Wildman–Crippen MR) is 73.9 cm³/mol. The molecule has 0 radical (unpaired) electrons. The molecule has 1 aliphatic rings. The first-order valence-corrected chi connectivity index (χ1v) is 6.84. The lowest BCUT2D eigenvalue weighted by Gasteiger charge is -2.24. The first-order chi connectivity index (χ1) is 8.70. The number of hydrogen-bond acceptors (Lipinski definition) is 2. The highest BCUT2D eigenvalue weighted by molar-refractivity contribution is 5.79. The lowest BCUT2D eigenvalue weighted by molar-refractivity contribution is -0.135. The SMILES string of the molecule is CCN(Cc1cccc(N)c1)C(=O)C1CCCC1. The molecule has 98 valence electrons. The van der Waals surface area contributed by atoms with Gasteiger partial charge in [-0.05, 0) is 37.5 Å². The van der Waals surface area contributed by atoms with Crippen LogP contribution in [0.5, 0.6) is 0 Å². The summed E-state index contributed by atoms with van der Waals surface area (Å²) in [5.74, 6) is 0.573. The molecular weight excluding hydrogens is 224 g/mol. The van der Waals surface area contributed by atoms with Gasteiger partial charge < -0.3 is 10.6 Å². The summed E-state index contributed by atoms with van der Waals surface area (Å²) in [5, 5.41) is 0. The van der Waals surface area contributed by atoms with E-state index in [0.29, 0.717) is 12.5 Å². The van der Waals surface area contributed by atoms with Gasteiger partial charge in [0.05, 0.1) is 0 Å². The summed E-state index contributed by atoms with van der Waals surface area (Å²) in [5.41, 5.74) is 7.65. The number of nitrogens with zero attached hydrogens (tertiary/aromatic N) is 1. The van der Waals surface area contributed by atoms with E-state index in [9.17, 15) is 4.79 Å². The smallest absolute Gasteiger partial charge is 0.225 e. The number of carbonyl (C=O) groups is 1. The summed E-state index contributed by atoms with van der Waals surface area (Å²) in [4.78, 5) is 14.3. The Hall–Kier alpha value is -1.51. The van der Waals surface area contributed by atoms with Gasteiger partial charge in [0.2, 0.25) is 5.91 Å². The molecule has 1 aliphatic carbocycles. The predicted octanol–water partition coefficient (Wildman–Crippen LogP) is 2.81. The Morgan fingerprint density at radius 1 is 1.39 bits per heavy atom. The van der Waals surface area contributed by atoms with Crippen molar-refractivity contribution in [3.05, 3.63) is 29.8 Å². The second-order valence-corrected chi connectivity index (χ2v) is 5.08. The van der Waals surface area contributed by atoms with Gasteiger partial charge in [0.25, 0.3) is 0 Å². The lowest BCUT2D eigenvalue weighted by Crippen LogP contribution is -2.34. The Labute approximate surface area is 109 Å². The molecule has 1 fully saturated rings. The molecule has 18 heavy (non-hydrogen) atoms. The molecule has 1 saturated carbocycles. The fraction of sp³-hybridized carbons (Fsp3) is 0.533.